The van der Waals surface area contributed by atoms with Crippen molar-refractivity contribution in [2.24, 2.45) is 0 Å². The first-order valence-electron chi connectivity index (χ1n) is 6.67. The van der Waals surface area contributed by atoms with Gasteiger partial charge in [0, 0.05) is 11.6 Å². The van der Waals surface area contributed by atoms with E-state index in [1.165, 1.54) is 0 Å². The van der Waals surface area contributed by atoms with Crippen molar-refractivity contribution in [2.45, 2.75) is 45.3 Å². The SMILES string of the molecule is CCC(O)(CC)COc1cc(OC)ccc1C(C)O. The van der Waals surface area contributed by atoms with Crippen LogP contribution in [0.4, 0.5) is 0 Å². The van der Waals surface area contributed by atoms with Gasteiger partial charge >= 0.3 is 0 Å². The highest BCUT2D eigenvalue weighted by Crippen LogP contribution is 2.30. The average Bonchev–Trinajstić information content (AvgIpc) is 2.44. The number of aliphatic hydroxyl groups excluding tert-OH is 1. The van der Waals surface area contributed by atoms with Gasteiger partial charge in [0.05, 0.1) is 18.8 Å². The van der Waals surface area contributed by atoms with Crippen LogP contribution in [0.3, 0.4) is 0 Å². The predicted molar refractivity (Wildman–Crippen MR) is 74.7 cm³/mol. The highest BCUT2D eigenvalue weighted by Gasteiger charge is 2.24. The first kappa shape index (κ1) is 15.8. The quantitative estimate of drug-likeness (QED) is 0.798. The third kappa shape index (κ3) is 4.11. The molecule has 0 amide bonds. The molecule has 0 aliphatic rings. The maximum Gasteiger partial charge on any atom is 0.128 e. The van der Waals surface area contributed by atoms with E-state index in [9.17, 15) is 10.2 Å². The molecule has 2 N–H and O–H groups in total. The minimum atomic E-state index is -0.834. The standard InChI is InChI=1S/C15H24O4/c1-5-15(17,6-2)10-19-14-9-12(18-4)7-8-13(14)11(3)16/h7-9,11,16-17H,5-6,10H2,1-4H3. The van der Waals surface area contributed by atoms with Crippen LogP contribution in [0.5, 0.6) is 11.5 Å². The Morgan fingerprint density at radius 2 is 1.89 bits per heavy atom. The Labute approximate surface area is 115 Å². The molecule has 0 spiro atoms. The summed E-state index contributed by atoms with van der Waals surface area (Å²) in [5.74, 6) is 1.21. The van der Waals surface area contributed by atoms with Gasteiger partial charge in [0.25, 0.3) is 0 Å². The first-order chi connectivity index (χ1) is 8.95. The summed E-state index contributed by atoms with van der Waals surface area (Å²) < 4.78 is 10.8. The van der Waals surface area contributed by atoms with E-state index in [1.807, 2.05) is 13.8 Å². The molecule has 1 aromatic rings. The van der Waals surface area contributed by atoms with Crippen LogP contribution in [-0.4, -0.2) is 29.5 Å². The largest absolute Gasteiger partial charge is 0.497 e. The Morgan fingerprint density at radius 1 is 1.26 bits per heavy atom. The molecule has 108 valence electrons. The van der Waals surface area contributed by atoms with Crippen molar-refractivity contribution in [3.8, 4) is 11.5 Å². The zero-order valence-electron chi connectivity index (χ0n) is 12.1. The minimum Gasteiger partial charge on any atom is -0.497 e. The van der Waals surface area contributed by atoms with Gasteiger partial charge in [-0.1, -0.05) is 13.8 Å². The summed E-state index contributed by atoms with van der Waals surface area (Å²) in [7, 11) is 1.58. The molecule has 1 atom stereocenters. The van der Waals surface area contributed by atoms with E-state index in [0.29, 0.717) is 29.9 Å². The fourth-order valence-electron chi connectivity index (χ4n) is 1.78. The molecule has 0 radical (unpaired) electrons. The fraction of sp³-hybridized carbons (Fsp3) is 0.600. The molecule has 0 saturated heterocycles. The number of hydrogen-bond acceptors (Lipinski definition) is 4. The van der Waals surface area contributed by atoms with Crippen LogP contribution in [0, 0.1) is 0 Å². The molecule has 4 nitrogen and oxygen atoms in total. The summed E-state index contributed by atoms with van der Waals surface area (Å²) in [5.41, 5.74) is -0.144. The van der Waals surface area contributed by atoms with Gasteiger partial charge in [0.1, 0.15) is 18.1 Å². The van der Waals surface area contributed by atoms with Gasteiger partial charge < -0.3 is 19.7 Å². The van der Waals surface area contributed by atoms with Gasteiger partial charge in [-0.25, -0.2) is 0 Å². The third-order valence-electron chi connectivity index (χ3n) is 3.48. The van der Waals surface area contributed by atoms with E-state index in [-0.39, 0.29) is 6.61 Å². The van der Waals surface area contributed by atoms with Gasteiger partial charge in [-0.2, -0.15) is 0 Å². The molecule has 1 aromatic carbocycles. The van der Waals surface area contributed by atoms with Gasteiger partial charge in [-0.15, -0.1) is 0 Å². The van der Waals surface area contributed by atoms with E-state index < -0.39 is 11.7 Å². The lowest BCUT2D eigenvalue weighted by Gasteiger charge is -2.26. The number of ether oxygens (including phenoxy) is 2. The van der Waals surface area contributed by atoms with Crippen LogP contribution < -0.4 is 9.47 Å². The second-order valence-electron chi connectivity index (χ2n) is 4.80. The van der Waals surface area contributed by atoms with Crippen molar-refractivity contribution in [3.05, 3.63) is 23.8 Å². The van der Waals surface area contributed by atoms with E-state index in [2.05, 4.69) is 0 Å². The van der Waals surface area contributed by atoms with E-state index in [0.717, 1.165) is 0 Å². The van der Waals surface area contributed by atoms with Crippen LogP contribution in [0.15, 0.2) is 18.2 Å². The fourth-order valence-corrected chi connectivity index (χ4v) is 1.78. The predicted octanol–water partition coefficient (Wildman–Crippen LogP) is 2.68. The summed E-state index contributed by atoms with van der Waals surface area (Å²) in [6.07, 6.45) is 0.617. The minimum absolute atomic E-state index is 0.201. The molecular weight excluding hydrogens is 244 g/mol. The van der Waals surface area contributed by atoms with Crippen molar-refractivity contribution in [1.29, 1.82) is 0 Å². The Hall–Kier alpha value is -1.26. The van der Waals surface area contributed by atoms with Crippen LogP contribution in [0.2, 0.25) is 0 Å². The number of benzene rings is 1. The van der Waals surface area contributed by atoms with Crippen molar-refractivity contribution in [3.63, 3.8) is 0 Å². The van der Waals surface area contributed by atoms with E-state index >= 15 is 0 Å². The molecule has 0 aromatic heterocycles. The average molecular weight is 268 g/mol. The molecule has 0 saturated carbocycles. The van der Waals surface area contributed by atoms with Crippen LogP contribution in [-0.2, 0) is 0 Å². The van der Waals surface area contributed by atoms with E-state index in [4.69, 9.17) is 9.47 Å². The van der Waals surface area contributed by atoms with Crippen LogP contribution in [0.1, 0.15) is 45.3 Å². The smallest absolute Gasteiger partial charge is 0.128 e. The van der Waals surface area contributed by atoms with Crippen LogP contribution >= 0.6 is 0 Å². The van der Waals surface area contributed by atoms with Gasteiger partial charge in [0.2, 0.25) is 0 Å². The lowest BCUT2D eigenvalue weighted by molar-refractivity contribution is -0.0122. The third-order valence-corrected chi connectivity index (χ3v) is 3.48. The van der Waals surface area contributed by atoms with Crippen molar-refractivity contribution >= 4 is 0 Å². The Bertz CT molecular complexity index is 397. The zero-order valence-corrected chi connectivity index (χ0v) is 12.1. The van der Waals surface area contributed by atoms with Crippen LogP contribution in [0.25, 0.3) is 0 Å². The summed E-state index contributed by atoms with van der Waals surface area (Å²) in [6, 6.07) is 5.28. The second-order valence-corrected chi connectivity index (χ2v) is 4.80. The Morgan fingerprint density at radius 3 is 2.37 bits per heavy atom. The summed E-state index contributed by atoms with van der Waals surface area (Å²) >= 11 is 0. The number of methoxy groups -OCH3 is 1. The second kappa shape index (κ2) is 6.78. The van der Waals surface area contributed by atoms with Gasteiger partial charge in [-0.05, 0) is 31.9 Å². The Balaban J connectivity index is 2.91. The zero-order chi connectivity index (χ0) is 14.5. The summed E-state index contributed by atoms with van der Waals surface area (Å²) in [6.45, 7) is 5.73. The summed E-state index contributed by atoms with van der Waals surface area (Å²) in [5, 5.41) is 20.0. The molecule has 19 heavy (non-hydrogen) atoms. The number of rotatable bonds is 7. The molecule has 1 rings (SSSR count). The summed E-state index contributed by atoms with van der Waals surface area (Å²) in [4.78, 5) is 0. The van der Waals surface area contributed by atoms with Gasteiger partial charge in [0.15, 0.2) is 0 Å². The molecule has 0 bridgehead atoms. The first-order valence-corrected chi connectivity index (χ1v) is 6.67. The molecule has 0 fully saturated rings. The van der Waals surface area contributed by atoms with Crippen molar-refractivity contribution < 1.29 is 19.7 Å². The molecule has 1 unspecified atom stereocenters. The van der Waals surface area contributed by atoms with E-state index in [1.54, 1.807) is 32.2 Å². The highest BCUT2D eigenvalue weighted by atomic mass is 16.5. The van der Waals surface area contributed by atoms with Crippen molar-refractivity contribution in [2.75, 3.05) is 13.7 Å². The Kier molecular flexibility index (Phi) is 5.63. The highest BCUT2D eigenvalue weighted by molar-refractivity contribution is 5.41. The molecule has 0 aliphatic carbocycles. The molecule has 0 aliphatic heterocycles. The normalized spacial score (nSPS) is 13.2. The topological polar surface area (TPSA) is 58.9 Å². The number of hydrogen-bond donors (Lipinski definition) is 2. The van der Waals surface area contributed by atoms with Crippen molar-refractivity contribution in [1.82, 2.24) is 0 Å². The molecule has 0 heterocycles. The molecule has 4 heteroatoms. The maximum absolute atomic E-state index is 10.2. The lowest BCUT2D eigenvalue weighted by Crippen LogP contribution is -2.34. The number of aliphatic hydroxyl groups is 2. The lowest BCUT2D eigenvalue weighted by atomic mass is 9.99. The monoisotopic (exact) mass is 268 g/mol. The van der Waals surface area contributed by atoms with Gasteiger partial charge in [-0.3, -0.25) is 0 Å². The maximum atomic E-state index is 10.2. The molecular formula is C15H24O4.